The molecule has 1 fully saturated rings. The number of thiophene rings is 1. The first-order chi connectivity index (χ1) is 10.6. The van der Waals surface area contributed by atoms with Crippen LogP contribution in [0.4, 0.5) is 5.69 Å². The Labute approximate surface area is 146 Å². The number of halogens is 1. The van der Waals surface area contributed by atoms with Gasteiger partial charge in [-0.25, -0.2) is 0 Å². The Morgan fingerprint density at radius 3 is 2.82 bits per heavy atom. The third kappa shape index (κ3) is 2.92. The lowest BCUT2D eigenvalue weighted by atomic mass is 10.2. The van der Waals surface area contributed by atoms with Crippen molar-refractivity contribution in [2.24, 2.45) is 0 Å². The van der Waals surface area contributed by atoms with E-state index in [9.17, 15) is 4.79 Å². The molecule has 0 aliphatic carbocycles. The Hall–Kier alpha value is -1.34. The SMILES string of the molecule is COc1ccc(N2C(=O)/C(=C\c3cccs3)SC2=S)cc1Cl. The maximum Gasteiger partial charge on any atom is 0.270 e. The van der Waals surface area contributed by atoms with Crippen LogP contribution < -0.4 is 9.64 Å². The van der Waals surface area contributed by atoms with Gasteiger partial charge in [0.1, 0.15) is 5.75 Å². The summed E-state index contributed by atoms with van der Waals surface area (Å²) in [7, 11) is 1.55. The van der Waals surface area contributed by atoms with Crippen molar-refractivity contribution in [3.8, 4) is 5.75 Å². The van der Waals surface area contributed by atoms with Crippen molar-refractivity contribution in [3.63, 3.8) is 0 Å². The molecule has 1 aliphatic rings. The number of ether oxygens (including phenoxy) is 1. The average Bonchev–Trinajstić information content (AvgIpc) is 3.08. The lowest BCUT2D eigenvalue weighted by Gasteiger charge is -2.15. The highest BCUT2D eigenvalue weighted by molar-refractivity contribution is 8.27. The fraction of sp³-hybridized carbons (Fsp3) is 0.0667. The van der Waals surface area contributed by atoms with E-state index >= 15 is 0 Å². The van der Waals surface area contributed by atoms with Gasteiger partial charge in [-0.3, -0.25) is 9.69 Å². The number of amides is 1. The molecule has 3 rings (SSSR count). The van der Waals surface area contributed by atoms with Gasteiger partial charge in [-0.2, -0.15) is 0 Å². The van der Waals surface area contributed by atoms with Crippen LogP contribution in [0.15, 0.2) is 40.6 Å². The fourth-order valence-corrected chi connectivity index (χ4v) is 4.26. The van der Waals surface area contributed by atoms with E-state index in [1.807, 2.05) is 23.6 Å². The topological polar surface area (TPSA) is 29.5 Å². The quantitative estimate of drug-likeness (QED) is 0.574. The smallest absolute Gasteiger partial charge is 0.270 e. The molecule has 7 heteroatoms. The molecule has 0 N–H and O–H groups in total. The normalized spacial score (nSPS) is 16.6. The number of hydrogen-bond donors (Lipinski definition) is 0. The molecule has 2 heterocycles. The molecular formula is C15H10ClNO2S3. The summed E-state index contributed by atoms with van der Waals surface area (Å²) < 4.78 is 5.62. The lowest BCUT2D eigenvalue weighted by Crippen LogP contribution is -2.27. The number of thioether (sulfide) groups is 1. The second-order valence-corrected chi connectivity index (χ2v) is 7.41. The van der Waals surface area contributed by atoms with E-state index in [2.05, 4.69) is 0 Å². The van der Waals surface area contributed by atoms with Gasteiger partial charge >= 0.3 is 0 Å². The summed E-state index contributed by atoms with van der Waals surface area (Å²) >= 11 is 14.3. The van der Waals surface area contributed by atoms with E-state index in [1.165, 1.54) is 16.7 Å². The summed E-state index contributed by atoms with van der Waals surface area (Å²) in [6.45, 7) is 0. The van der Waals surface area contributed by atoms with Gasteiger partial charge in [-0.05, 0) is 35.7 Å². The second-order valence-electron chi connectivity index (χ2n) is 4.35. The molecule has 0 spiro atoms. The Balaban J connectivity index is 1.93. The molecular weight excluding hydrogens is 358 g/mol. The van der Waals surface area contributed by atoms with E-state index in [4.69, 9.17) is 28.6 Å². The summed E-state index contributed by atoms with van der Waals surface area (Å²) in [5.41, 5.74) is 0.642. The monoisotopic (exact) mass is 367 g/mol. The van der Waals surface area contributed by atoms with Crippen LogP contribution in [0, 0.1) is 0 Å². The van der Waals surface area contributed by atoms with Crippen molar-refractivity contribution in [2.45, 2.75) is 0 Å². The van der Waals surface area contributed by atoms with E-state index < -0.39 is 0 Å². The van der Waals surface area contributed by atoms with Crippen molar-refractivity contribution >= 4 is 68.9 Å². The minimum absolute atomic E-state index is 0.135. The van der Waals surface area contributed by atoms with Crippen molar-refractivity contribution in [1.82, 2.24) is 0 Å². The van der Waals surface area contributed by atoms with Gasteiger partial charge in [0.2, 0.25) is 0 Å². The fourth-order valence-electron chi connectivity index (χ4n) is 1.99. The number of methoxy groups -OCH3 is 1. The van der Waals surface area contributed by atoms with E-state index in [1.54, 1.807) is 36.6 Å². The number of carbonyl (C=O) groups is 1. The summed E-state index contributed by atoms with van der Waals surface area (Å²) in [6.07, 6.45) is 1.86. The molecule has 22 heavy (non-hydrogen) atoms. The standard InChI is InChI=1S/C15H10ClNO2S3/c1-19-12-5-4-9(7-11(12)16)17-14(18)13(22-15(17)20)8-10-3-2-6-21-10/h2-8H,1H3/b13-8+. The van der Waals surface area contributed by atoms with Crippen LogP contribution in [-0.4, -0.2) is 17.3 Å². The summed E-state index contributed by atoms with van der Waals surface area (Å²) in [6, 6.07) is 9.07. The van der Waals surface area contributed by atoms with Crippen LogP contribution >= 0.6 is 46.9 Å². The van der Waals surface area contributed by atoms with Crippen LogP contribution in [0.2, 0.25) is 5.02 Å². The zero-order chi connectivity index (χ0) is 15.7. The van der Waals surface area contributed by atoms with Crippen molar-refractivity contribution in [1.29, 1.82) is 0 Å². The van der Waals surface area contributed by atoms with E-state index in [0.717, 1.165) is 4.88 Å². The van der Waals surface area contributed by atoms with Gasteiger partial charge in [0.25, 0.3) is 5.91 Å². The number of rotatable bonds is 3. The Morgan fingerprint density at radius 2 is 2.18 bits per heavy atom. The van der Waals surface area contributed by atoms with Crippen molar-refractivity contribution in [3.05, 3.63) is 50.5 Å². The molecule has 1 saturated heterocycles. The second kappa shape index (κ2) is 6.42. The first-order valence-electron chi connectivity index (χ1n) is 6.25. The van der Waals surface area contributed by atoms with Gasteiger partial charge < -0.3 is 4.74 Å². The molecule has 112 valence electrons. The maximum absolute atomic E-state index is 12.6. The third-order valence-corrected chi connectivity index (χ3v) is 5.42. The first-order valence-corrected chi connectivity index (χ1v) is 8.73. The Bertz CT molecular complexity index is 771. The van der Waals surface area contributed by atoms with Crippen molar-refractivity contribution < 1.29 is 9.53 Å². The molecule has 0 bridgehead atoms. The molecule has 0 radical (unpaired) electrons. The lowest BCUT2D eigenvalue weighted by molar-refractivity contribution is -0.113. The molecule has 1 aromatic heterocycles. The van der Waals surface area contributed by atoms with Gasteiger partial charge in [0, 0.05) is 4.88 Å². The van der Waals surface area contributed by atoms with E-state index in [-0.39, 0.29) is 5.91 Å². The number of nitrogens with zero attached hydrogens (tertiary/aromatic N) is 1. The van der Waals surface area contributed by atoms with Crippen LogP contribution in [0.25, 0.3) is 6.08 Å². The van der Waals surface area contributed by atoms with Crippen LogP contribution in [-0.2, 0) is 4.79 Å². The number of carbonyl (C=O) groups excluding carboxylic acids is 1. The van der Waals surface area contributed by atoms with Crippen LogP contribution in [0.1, 0.15) is 4.88 Å². The molecule has 1 aliphatic heterocycles. The number of anilines is 1. The summed E-state index contributed by atoms with van der Waals surface area (Å²) in [5, 5.41) is 2.41. The minimum Gasteiger partial charge on any atom is -0.495 e. The summed E-state index contributed by atoms with van der Waals surface area (Å²) in [5.74, 6) is 0.426. The molecule has 1 aromatic carbocycles. The minimum atomic E-state index is -0.135. The largest absolute Gasteiger partial charge is 0.495 e. The molecule has 0 unspecified atom stereocenters. The predicted octanol–water partition coefficient (Wildman–Crippen LogP) is 4.82. The Morgan fingerprint density at radius 1 is 1.36 bits per heavy atom. The predicted molar refractivity (Wildman–Crippen MR) is 98.0 cm³/mol. The van der Waals surface area contributed by atoms with Gasteiger partial charge in [-0.1, -0.05) is 41.6 Å². The molecule has 0 saturated carbocycles. The highest BCUT2D eigenvalue weighted by Gasteiger charge is 2.33. The van der Waals surface area contributed by atoms with Gasteiger partial charge in [0.05, 0.1) is 22.7 Å². The number of thiocarbonyl (C=S) groups is 1. The third-order valence-electron chi connectivity index (χ3n) is 3.00. The molecule has 3 nitrogen and oxygen atoms in total. The average molecular weight is 368 g/mol. The zero-order valence-electron chi connectivity index (χ0n) is 11.4. The highest BCUT2D eigenvalue weighted by atomic mass is 35.5. The van der Waals surface area contributed by atoms with Crippen molar-refractivity contribution in [2.75, 3.05) is 12.0 Å². The maximum atomic E-state index is 12.6. The highest BCUT2D eigenvalue weighted by Crippen LogP contribution is 2.38. The number of hydrogen-bond acceptors (Lipinski definition) is 5. The summed E-state index contributed by atoms with van der Waals surface area (Å²) in [4.78, 5) is 15.7. The molecule has 1 amide bonds. The molecule has 0 atom stereocenters. The number of benzene rings is 1. The van der Waals surface area contributed by atoms with Crippen LogP contribution in [0.5, 0.6) is 5.75 Å². The first kappa shape index (κ1) is 15.6. The Kier molecular flexibility index (Phi) is 4.54. The zero-order valence-corrected chi connectivity index (χ0v) is 14.6. The van der Waals surface area contributed by atoms with E-state index in [0.29, 0.717) is 25.7 Å². The molecule has 2 aromatic rings. The van der Waals surface area contributed by atoms with Crippen LogP contribution in [0.3, 0.4) is 0 Å². The van der Waals surface area contributed by atoms with Gasteiger partial charge in [-0.15, -0.1) is 11.3 Å². The van der Waals surface area contributed by atoms with Gasteiger partial charge in [0.15, 0.2) is 4.32 Å².